The Balaban J connectivity index is 2.16. The molecule has 1 aliphatic heterocycles. The van der Waals surface area contributed by atoms with Crippen molar-refractivity contribution in [2.24, 2.45) is 13.0 Å². The second-order valence-corrected chi connectivity index (χ2v) is 5.33. The van der Waals surface area contributed by atoms with E-state index in [9.17, 15) is 9.90 Å². The minimum Gasteiger partial charge on any atom is -0.465 e. The number of amides is 1. The molecule has 1 aromatic heterocycles. The van der Waals surface area contributed by atoms with Crippen molar-refractivity contribution in [3.05, 3.63) is 36.0 Å². The molecule has 104 valence electrons. The van der Waals surface area contributed by atoms with Gasteiger partial charge in [-0.15, -0.1) is 0 Å². The fourth-order valence-electron chi connectivity index (χ4n) is 2.74. The topological polar surface area (TPSA) is 58.4 Å². The second-order valence-electron chi connectivity index (χ2n) is 5.33. The van der Waals surface area contributed by atoms with Gasteiger partial charge in [0.25, 0.3) is 0 Å². The van der Waals surface area contributed by atoms with Crippen LogP contribution in [0.3, 0.4) is 0 Å². The summed E-state index contributed by atoms with van der Waals surface area (Å²) in [6.45, 7) is 2.60. The van der Waals surface area contributed by atoms with Crippen molar-refractivity contribution >= 4 is 22.7 Å². The standard InChI is InChI=1S/C15H17N3O2/c1-10-6-7-14(18(9-10)15(19)20)11-4-3-5-13-12(11)8-16-17(13)2/h3-5,7-8,10H,6,9H2,1-2H3,(H,19,20)/t10-/m0/s1. The lowest BCUT2D eigenvalue weighted by Gasteiger charge is -2.30. The van der Waals surface area contributed by atoms with Gasteiger partial charge in [0.15, 0.2) is 0 Å². The molecular formula is C15H17N3O2. The van der Waals surface area contributed by atoms with Crippen LogP contribution in [0.15, 0.2) is 30.5 Å². The molecule has 1 aromatic carbocycles. The number of benzene rings is 1. The molecule has 1 amide bonds. The van der Waals surface area contributed by atoms with Crippen LogP contribution in [0.2, 0.25) is 0 Å². The molecule has 0 spiro atoms. The normalized spacial score (nSPS) is 19.2. The third kappa shape index (κ3) is 1.95. The third-order valence-corrected chi connectivity index (χ3v) is 3.80. The predicted molar refractivity (Wildman–Crippen MR) is 77.2 cm³/mol. The Bertz CT molecular complexity index is 702. The predicted octanol–water partition coefficient (Wildman–Crippen LogP) is 2.93. The first-order valence-electron chi connectivity index (χ1n) is 6.69. The third-order valence-electron chi connectivity index (χ3n) is 3.80. The number of allylic oxidation sites excluding steroid dienone is 1. The number of hydrogen-bond acceptors (Lipinski definition) is 2. The number of fused-ring (bicyclic) bond motifs is 1. The summed E-state index contributed by atoms with van der Waals surface area (Å²) < 4.78 is 1.80. The van der Waals surface area contributed by atoms with E-state index in [0.29, 0.717) is 12.5 Å². The monoisotopic (exact) mass is 271 g/mol. The van der Waals surface area contributed by atoms with E-state index in [1.165, 1.54) is 4.90 Å². The van der Waals surface area contributed by atoms with Crippen LogP contribution in [0.5, 0.6) is 0 Å². The van der Waals surface area contributed by atoms with Crippen molar-refractivity contribution in [1.82, 2.24) is 14.7 Å². The Morgan fingerprint density at radius 3 is 3.00 bits per heavy atom. The molecule has 0 unspecified atom stereocenters. The lowest BCUT2D eigenvalue weighted by atomic mass is 9.97. The first kappa shape index (κ1) is 12.7. The molecule has 0 saturated heterocycles. The smallest absolute Gasteiger partial charge is 0.411 e. The van der Waals surface area contributed by atoms with Crippen LogP contribution in [0, 0.1) is 5.92 Å². The van der Waals surface area contributed by atoms with E-state index in [1.54, 1.807) is 10.9 Å². The van der Waals surface area contributed by atoms with Crippen LogP contribution < -0.4 is 0 Å². The van der Waals surface area contributed by atoms with Gasteiger partial charge >= 0.3 is 6.09 Å². The number of carboxylic acid groups (broad SMARTS) is 1. The van der Waals surface area contributed by atoms with E-state index >= 15 is 0 Å². The first-order chi connectivity index (χ1) is 9.58. The Morgan fingerprint density at radius 1 is 1.45 bits per heavy atom. The average Bonchev–Trinajstić information content (AvgIpc) is 2.81. The van der Waals surface area contributed by atoms with E-state index in [2.05, 4.69) is 12.0 Å². The van der Waals surface area contributed by atoms with E-state index in [4.69, 9.17) is 0 Å². The molecular weight excluding hydrogens is 254 g/mol. The molecule has 5 nitrogen and oxygen atoms in total. The molecule has 3 rings (SSSR count). The summed E-state index contributed by atoms with van der Waals surface area (Å²) in [6, 6.07) is 5.89. The van der Waals surface area contributed by atoms with Crippen molar-refractivity contribution in [3.63, 3.8) is 0 Å². The zero-order valence-electron chi connectivity index (χ0n) is 11.6. The average molecular weight is 271 g/mol. The number of aryl methyl sites for hydroxylation is 1. The molecule has 0 radical (unpaired) electrons. The van der Waals surface area contributed by atoms with Crippen LogP contribution in [-0.2, 0) is 7.05 Å². The van der Waals surface area contributed by atoms with Crippen molar-refractivity contribution in [2.45, 2.75) is 13.3 Å². The van der Waals surface area contributed by atoms with Gasteiger partial charge in [0, 0.05) is 24.5 Å². The molecule has 0 saturated carbocycles. The highest BCUT2D eigenvalue weighted by molar-refractivity contribution is 5.94. The van der Waals surface area contributed by atoms with Gasteiger partial charge < -0.3 is 5.11 Å². The van der Waals surface area contributed by atoms with Gasteiger partial charge in [0.2, 0.25) is 0 Å². The van der Waals surface area contributed by atoms with Crippen molar-refractivity contribution in [3.8, 4) is 0 Å². The van der Waals surface area contributed by atoms with Crippen LogP contribution in [-0.4, -0.2) is 32.4 Å². The summed E-state index contributed by atoms with van der Waals surface area (Å²) >= 11 is 0. The minimum atomic E-state index is -0.899. The highest BCUT2D eigenvalue weighted by Gasteiger charge is 2.25. The maximum atomic E-state index is 11.5. The summed E-state index contributed by atoms with van der Waals surface area (Å²) in [4.78, 5) is 12.9. The van der Waals surface area contributed by atoms with Gasteiger partial charge in [-0.05, 0) is 18.4 Å². The lowest BCUT2D eigenvalue weighted by Crippen LogP contribution is -2.34. The summed E-state index contributed by atoms with van der Waals surface area (Å²) in [5, 5.41) is 14.7. The maximum Gasteiger partial charge on any atom is 0.411 e. The Kier molecular flexibility index (Phi) is 2.97. The molecule has 1 aliphatic rings. The van der Waals surface area contributed by atoms with Crippen molar-refractivity contribution < 1.29 is 9.90 Å². The van der Waals surface area contributed by atoms with E-state index in [1.807, 2.05) is 31.3 Å². The first-order valence-corrected chi connectivity index (χ1v) is 6.69. The maximum absolute atomic E-state index is 11.5. The molecule has 1 atom stereocenters. The molecule has 20 heavy (non-hydrogen) atoms. The van der Waals surface area contributed by atoms with Gasteiger partial charge in [0.1, 0.15) is 0 Å². The Hall–Kier alpha value is -2.30. The quantitative estimate of drug-likeness (QED) is 0.867. The Morgan fingerprint density at radius 2 is 2.25 bits per heavy atom. The molecule has 5 heteroatoms. The highest BCUT2D eigenvalue weighted by Crippen LogP contribution is 2.31. The summed E-state index contributed by atoms with van der Waals surface area (Å²) in [7, 11) is 1.89. The van der Waals surface area contributed by atoms with Gasteiger partial charge in [0.05, 0.1) is 17.4 Å². The Labute approximate surface area is 117 Å². The zero-order chi connectivity index (χ0) is 14.3. The molecule has 1 N–H and O–H groups in total. The molecule has 2 heterocycles. The van der Waals surface area contributed by atoms with Gasteiger partial charge in [-0.3, -0.25) is 9.58 Å². The van der Waals surface area contributed by atoms with E-state index in [0.717, 1.165) is 28.6 Å². The molecule has 0 aliphatic carbocycles. The van der Waals surface area contributed by atoms with Crippen LogP contribution >= 0.6 is 0 Å². The number of hydrogen-bond donors (Lipinski definition) is 1. The summed E-state index contributed by atoms with van der Waals surface area (Å²) in [6.07, 6.45) is 3.81. The minimum absolute atomic E-state index is 0.350. The van der Waals surface area contributed by atoms with Gasteiger partial charge in [-0.1, -0.05) is 25.1 Å². The number of rotatable bonds is 1. The summed E-state index contributed by atoms with van der Waals surface area (Å²) in [5.41, 5.74) is 2.71. The van der Waals surface area contributed by atoms with E-state index < -0.39 is 6.09 Å². The zero-order valence-corrected chi connectivity index (χ0v) is 11.6. The summed E-state index contributed by atoms with van der Waals surface area (Å²) in [5.74, 6) is 0.350. The lowest BCUT2D eigenvalue weighted by molar-refractivity contribution is 0.159. The fraction of sp³-hybridized carbons (Fsp3) is 0.333. The molecule has 0 bridgehead atoms. The largest absolute Gasteiger partial charge is 0.465 e. The van der Waals surface area contributed by atoms with Gasteiger partial charge in [-0.2, -0.15) is 5.10 Å². The molecule has 0 fully saturated rings. The number of nitrogens with zero attached hydrogens (tertiary/aromatic N) is 3. The van der Waals surface area contributed by atoms with Crippen LogP contribution in [0.4, 0.5) is 4.79 Å². The second kappa shape index (κ2) is 4.67. The number of aromatic nitrogens is 2. The van der Waals surface area contributed by atoms with Crippen molar-refractivity contribution in [1.29, 1.82) is 0 Å². The highest BCUT2D eigenvalue weighted by atomic mass is 16.4. The SMILES string of the molecule is C[C@H]1CC=C(c2cccc3c2cnn3C)N(C(=O)O)C1. The van der Waals surface area contributed by atoms with Gasteiger partial charge in [-0.25, -0.2) is 4.79 Å². The van der Waals surface area contributed by atoms with Crippen LogP contribution in [0.25, 0.3) is 16.6 Å². The fourth-order valence-corrected chi connectivity index (χ4v) is 2.74. The van der Waals surface area contributed by atoms with Crippen LogP contribution in [0.1, 0.15) is 18.9 Å². The molecule has 2 aromatic rings. The van der Waals surface area contributed by atoms with Crippen molar-refractivity contribution in [2.75, 3.05) is 6.54 Å². The van der Waals surface area contributed by atoms with E-state index in [-0.39, 0.29) is 0 Å². The number of carbonyl (C=O) groups is 1.